The zero-order valence-corrected chi connectivity index (χ0v) is 13.3. The number of carbonyl (C=O) groups excluding carboxylic acids is 2. The Morgan fingerprint density at radius 2 is 2.05 bits per heavy atom. The van der Waals surface area contributed by atoms with Crippen molar-refractivity contribution in [1.29, 1.82) is 0 Å². The molecule has 120 valence electrons. The van der Waals surface area contributed by atoms with Gasteiger partial charge in [0.15, 0.2) is 0 Å². The van der Waals surface area contributed by atoms with E-state index in [0.29, 0.717) is 5.92 Å². The van der Waals surface area contributed by atoms with E-state index in [1.807, 2.05) is 23.1 Å². The van der Waals surface area contributed by atoms with Gasteiger partial charge in [-0.25, -0.2) is 4.79 Å². The summed E-state index contributed by atoms with van der Waals surface area (Å²) in [5.74, 6) is 0.282. The highest BCUT2D eigenvalue weighted by atomic mass is 16.2. The maximum Gasteiger partial charge on any atom is 0.312 e. The van der Waals surface area contributed by atoms with Crippen molar-refractivity contribution in [2.45, 2.75) is 51.1 Å². The van der Waals surface area contributed by atoms with Gasteiger partial charge in [0.2, 0.25) is 5.91 Å². The molecule has 1 aromatic rings. The molecule has 1 aliphatic heterocycles. The summed E-state index contributed by atoms with van der Waals surface area (Å²) in [5, 5.41) is 2.48. The van der Waals surface area contributed by atoms with Crippen molar-refractivity contribution in [1.82, 2.24) is 10.2 Å². The SMILES string of the molecule is CC[C@H](c1ccccc1)[C@H]1CCCN1C(=O)[C@H](C)NC(N)=O. The molecule has 5 nitrogen and oxygen atoms in total. The molecular formula is C17H25N3O2. The standard InChI is InChI=1S/C17H25N3O2/c1-3-14(13-8-5-4-6-9-13)15-10-7-11-20(15)16(21)12(2)19-17(18)22/h4-6,8-9,12,14-15H,3,7,10-11H2,1-2H3,(H3,18,19,22)/t12-,14+,15+/m0/s1. The van der Waals surface area contributed by atoms with Crippen LogP contribution in [-0.2, 0) is 4.79 Å². The Morgan fingerprint density at radius 1 is 1.36 bits per heavy atom. The first-order chi connectivity index (χ1) is 10.5. The predicted molar refractivity (Wildman–Crippen MR) is 86.4 cm³/mol. The molecule has 22 heavy (non-hydrogen) atoms. The molecule has 2 rings (SSSR count). The molecule has 0 aliphatic carbocycles. The van der Waals surface area contributed by atoms with Crippen molar-refractivity contribution >= 4 is 11.9 Å². The lowest BCUT2D eigenvalue weighted by atomic mass is 9.87. The van der Waals surface area contributed by atoms with E-state index >= 15 is 0 Å². The van der Waals surface area contributed by atoms with Crippen LogP contribution in [-0.4, -0.2) is 35.5 Å². The first-order valence-corrected chi connectivity index (χ1v) is 7.96. The number of carbonyl (C=O) groups is 2. The number of urea groups is 1. The molecular weight excluding hydrogens is 278 g/mol. The molecule has 0 bridgehead atoms. The van der Waals surface area contributed by atoms with E-state index in [4.69, 9.17) is 5.73 Å². The largest absolute Gasteiger partial charge is 0.352 e. The Balaban J connectivity index is 2.15. The maximum absolute atomic E-state index is 12.6. The summed E-state index contributed by atoms with van der Waals surface area (Å²) in [7, 11) is 0. The third kappa shape index (κ3) is 3.59. The lowest BCUT2D eigenvalue weighted by Gasteiger charge is -2.33. The van der Waals surface area contributed by atoms with Crippen LogP contribution in [0.4, 0.5) is 4.79 Å². The second kappa shape index (κ2) is 7.29. The number of nitrogens with two attached hydrogens (primary N) is 1. The Labute approximate surface area is 131 Å². The summed E-state index contributed by atoms with van der Waals surface area (Å²) in [5.41, 5.74) is 6.39. The number of amides is 3. The quantitative estimate of drug-likeness (QED) is 0.875. The van der Waals surface area contributed by atoms with Crippen molar-refractivity contribution in [3.63, 3.8) is 0 Å². The van der Waals surface area contributed by atoms with Crippen molar-refractivity contribution in [2.75, 3.05) is 6.54 Å². The van der Waals surface area contributed by atoms with Crippen LogP contribution in [0.3, 0.4) is 0 Å². The molecule has 0 saturated carbocycles. The second-order valence-electron chi connectivity index (χ2n) is 5.90. The number of hydrogen-bond donors (Lipinski definition) is 2. The summed E-state index contributed by atoms with van der Waals surface area (Å²) < 4.78 is 0. The van der Waals surface area contributed by atoms with E-state index in [1.165, 1.54) is 5.56 Å². The average Bonchev–Trinajstić information content (AvgIpc) is 2.97. The van der Waals surface area contributed by atoms with Crippen LogP contribution in [0.15, 0.2) is 30.3 Å². The van der Waals surface area contributed by atoms with Crippen LogP contribution < -0.4 is 11.1 Å². The van der Waals surface area contributed by atoms with Crippen LogP contribution in [0.2, 0.25) is 0 Å². The van der Waals surface area contributed by atoms with Gasteiger partial charge in [-0.15, -0.1) is 0 Å². The Kier molecular flexibility index (Phi) is 5.41. The summed E-state index contributed by atoms with van der Waals surface area (Å²) in [4.78, 5) is 25.5. The normalized spacial score (nSPS) is 20.5. The number of nitrogens with one attached hydrogen (secondary N) is 1. The fraction of sp³-hybridized carbons (Fsp3) is 0.529. The average molecular weight is 303 g/mol. The molecule has 0 radical (unpaired) electrons. The summed E-state index contributed by atoms with van der Waals surface area (Å²) >= 11 is 0. The third-order valence-electron chi connectivity index (χ3n) is 4.44. The highest BCUT2D eigenvalue weighted by Crippen LogP contribution is 2.33. The van der Waals surface area contributed by atoms with Gasteiger partial charge in [0.1, 0.15) is 6.04 Å². The van der Waals surface area contributed by atoms with E-state index in [-0.39, 0.29) is 11.9 Å². The summed E-state index contributed by atoms with van der Waals surface area (Å²) in [6.07, 6.45) is 2.99. The molecule has 3 amide bonds. The van der Waals surface area contributed by atoms with E-state index in [0.717, 1.165) is 25.8 Å². The third-order valence-corrected chi connectivity index (χ3v) is 4.44. The van der Waals surface area contributed by atoms with Crippen LogP contribution in [0, 0.1) is 0 Å². The molecule has 1 heterocycles. The number of nitrogens with zero attached hydrogens (tertiary/aromatic N) is 1. The smallest absolute Gasteiger partial charge is 0.312 e. The summed E-state index contributed by atoms with van der Waals surface area (Å²) in [6, 6.07) is 9.29. The monoisotopic (exact) mass is 303 g/mol. The van der Waals surface area contributed by atoms with E-state index in [9.17, 15) is 9.59 Å². The van der Waals surface area contributed by atoms with Crippen LogP contribution in [0.25, 0.3) is 0 Å². The van der Waals surface area contributed by atoms with Crippen molar-refractivity contribution in [3.05, 3.63) is 35.9 Å². The van der Waals surface area contributed by atoms with Gasteiger partial charge in [-0.1, -0.05) is 37.3 Å². The van der Waals surface area contributed by atoms with Crippen LogP contribution in [0.5, 0.6) is 0 Å². The van der Waals surface area contributed by atoms with Gasteiger partial charge < -0.3 is 16.0 Å². The molecule has 0 unspecified atom stereocenters. The molecule has 5 heteroatoms. The van der Waals surface area contributed by atoms with Crippen molar-refractivity contribution < 1.29 is 9.59 Å². The van der Waals surface area contributed by atoms with Gasteiger partial charge in [-0.3, -0.25) is 4.79 Å². The van der Waals surface area contributed by atoms with Gasteiger partial charge >= 0.3 is 6.03 Å². The van der Waals surface area contributed by atoms with Gasteiger partial charge in [-0.05, 0) is 31.7 Å². The van der Waals surface area contributed by atoms with E-state index < -0.39 is 12.1 Å². The molecule has 1 aliphatic rings. The Morgan fingerprint density at radius 3 is 2.64 bits per heavy atom. The van der Waals surface area contributed by atoms with Crippen LogP contribution in [0.1, 0.15) is 44.6 Å². The highest BCUT2D eigenvalue weighted by Gasteiger charge is 2.36. The predicted octanol–water partition coefficient (Wildman–Crippen LogP) is 2.23. The van der Waals surface area contributed by atoms with Crippen LogP contribution >= 0.6 is 0 Å². The van der Waals surface area contributed by atoms with Gasteiger partial charge in [0.05, 0.1) is 0 Å². The zero-order chi connectivity index (χ0) is 16.1. The lowest BCUT2D eigenvalue weighted by Crippen LogP contribution is -2.50. The maximum atomic E-state index is 12.6. The van der Waals surface area contributed by atoms with Gasteiger partial charge in [0.25, 0.3) is 0 Å². The first-order valence-electron chi connectivity index (χ1n) is 7.96. The summed E-state index contributed by atoms with van der Waals surface area (Å²) in [6.45, 7) is 4.59. The second-order valence-corrected chi connectivity index (χ2v) is 5.90. The number of hydrogen-bond acceptors (Lipinski definition) is 2. The van der Waals surface area contributed by atoms with Crippen molar-refractivity contribution in [2.24, 2.45) is 5.73 Å². The molecule has 3 N–H and O–H groups in total. The Bertz CT molecular complexity index is 518. The number of benzene rings is 1. The minimum Gasteiger partial charge on any atom is -0.352 e. The van der Waals surface area contributed by atoms with Gasteiger partial charge in [0, 0.05) is 18.5 Å². The van der Waals surface area contributed by atoms with Gasteiger partial charge in [-0.2, -0.15) is 0 Å². The minimum atomic E-state index is -0.660. The zero-order valence-electron chi connectivity index (χ0n) is 13.3. The Hall–Kier alpha value is -2.04. The molecule has 1 fully saturated rings. The number of rotatable bonds is 5. The van der Waals surface area contributed by atoms with Crippen molar-refractivity contribution in [3.8, 4) is 0 Å². The topological polar surface area (TPSA) is 75.4 Å². The molecule has 3 atom stereocenters. The molecule has 0 spiro atoms. The lowest BCUT2D eigenvalue weighted by molar-refractivity contribution is -0.134. The fourth-order valence-corrected chi connectivity index (χ4v) is 3.44. The number of primary amides is 1. The number of likely N-dealkylation sites (tertiary alicyclic amines) is 1. The highest BCUT2D eigenvalue weighted by molar-refractivity contribution is 5.86. The van der Waals surface area contributed by atoms with E-state index in [1.54, 1.807) is 6.92 Å². The van der Waals surface area contributed by atoms with E-state index in [2.05, 4.69) is 24.4 Å². The minimum absolute atomic E-state index is 0.0457. The fourth-order valence-electron chi connectivity index (χ4n) is 3.44. The molecule has 0 aromatic heterocycles. The molecule has 1 aromatic carbocycles. The first kappa shape index (κ1) is 16.3. The molecule has 1 saturated heterocycles.